The minimum absolute atomic E-state index is 0.0770. The van der Waals surface area contributed by atoms with Gasteiger partial charge in [-0.25, -0.2) is 0 Å². The molecule has 86 valence electrons. The topological polar surface area (TPSA) is 69.4 Å². The van der Waals surface area contributed by atoms with E-state index in [1.54, 1.807) is 13.8 Å². The van der Waals surface area contributed by atoms with Crippen molar-refractivity contribution in [1.29, 1.82) is 0 Å². The van der Waals surface area contributed by atoms with Crippen LogP contribution >= 0.6 is 0 Å². The van der Waals surface area contributed by atoms with Crippen LogP contribution in [0.25, 0.3) is 0 Å². The molecule has 0 saturated heterocycles. The molecule has 0 bridgehead atoms. The molecule has 0 aliphatic carbocycles. The van der Waals surface area contributed by atoms with E-state index in [0.717, 1.165) is 0 Å². The number of benzene rings is 1. The van der Waals surface area contributed by atoms with Crippen molar-refractivity contribution in [3.05, 3.63) is 33.4 Å². The van der Waals surface area contributed by atoms with Crippen molar-refractivity contribution in [3.8, 4) is 5.75 Å². The van der Waals surface area contributed by atoms with Gasteiger partial charge in [-0.1, -0.05) is 0 Å². The van der Waals surface area contributed by atoms with Crippen molar-refractivity contribution in [2.75, 3.05) is 6.61 Å². The van der Waals surface area contributed by atoms with Crippen LogP contribution < -0.4 is 4.74 Å². The highest BCUT2D eigenvalue weighted by Gasteiger charge is 2.20. The second-order valence-electron chi connectivity index (χ2n) is 3.39. The number of nitrogens with zero attached hydrogens (tertiary/aromatic N) is 1. The monoisotopic (exact) mass is 223 g/mol. The Morgan fingerprint density at radius 1 is 1.50 bits per heavy atom. The lowest BCUT2D eigenvalue weighted by atomic mass is 10.1. The van der Waals surface area contributed by atoms with Gasteiger partial charge in [0.05, 0.1) is 11.5 Å². The number of carbonyl (C=O) groups is 1. The van der Waals surface area contributed by atoms with E-state index in [1.807, 2.05) is 0 Å². The Balaban J connectivity index is 3.38. The van der Waals surface area contributed by atoms with Crippen molar-refractivity contribution in [2.45, 2.75) is 20.8 Å². The summed E-state index contributed by atoms with van der Waals surface area (Å²) in [5, 5.41) is 10.8. The quantitative estimate of drug-likeness (QED) is 0.446. The Morgan fingerprint density at radius 2 is 2.12 bits per heavy atom. The molecule has 0 fully saturated rings. The van der Waals surface area contributed by atoms with Crippen LogP contribution in [-0.4, -0.2) is 17.3 Å². The predicted molar refractivity (Wildman–Crippen MR) is 59.0 cm³/mol. The SMILES string of the molecule is CCOc1cc(C(C)=O)cc(C)c1[N+](=O)[O-]. The van der Waals surface area contributed by atoms with Crippen molar-refractivity contribution in [3.63, 3.8) is 0 Å². The van der Waals surface area contributed by atoms with Crippen molar-refractivity contribution in [2.24, 2.45) is 0 Å². The number of rotatable bonds is 4. The van der Waals surface area contributed by atoms with Gasteiger partial charge in [0.2, 0.25) is 0 Å². The normalized spacial score (nSPS) is 9.94. The molecule has 0 unspecified atom stereocenters. The van der Waals surface area contributed by atoms with Gasteiger partial charge in [-0.15, -0.1) is 0 Å². The number of hydrogen-bond donors (Lipinski definition) is 0. The summed E-state index contributed by atoms with van der Waals surface area (Å²) >= 11 is 0. The number of ether oxygens (including phenoxy) is 1. The zero-order valence-electron chi connectivity index (χ0n) is 9.44. The third kappa shape index (κ3) is 2.36. The molecule has 5 nitrogen and oxygen atoms in total. The van der Waals surface area contributed by atoms with Gasteiger partial charge in [0, 0.05) is 11.1 Å². The van der Waals surface area contributed by atoms with Crippen LogP contribution in [0.5, 0.6) is 5.75 Å². The molecule has 0 aliphatic heterocycles. The molecule has 0 amide bonds. The summed E-state index contributed by atoms with van der Waals surface area (Å²) in [5.41, 5.74) is 0.777. The lowest BCUT2D eigenvalue weighted by Crippen LogP contribution is -2.02. The first kappa shape index (κ1) is 12.2. The van der Waals surface area contributed by atoms with Crippen LogP contribution in [0.4, 0.5) is 5.69 Å². The minimum atomic E-state index is -0.496. The summed E-state index contributed by atoms with van der Waals surface area (Å²) in [6.07, 6.45) is 0. The van der Waals surface area contributed by atoms with Crippen molar-refractivity contribution >= 4 is 11.5 Å². The molecular formula is C11H13NO4. The third-order valence-electron chi connectivity index (χ3n) is 2.15. The molecule has 0 aromatic heterocycles. The number of nitro benzene ring substituents is 1. The van der Waals surface area contributed by atoms with Gasteiger partial charge in [-0.2, -0.15) is 0 Å². The van der Waals surface area contributed by atoms with E-state index in [2.05, 4.69) is 0 Å². The molecule has 0 radical (unpaired) electrons. The van der Waals surface area contributed by atoms with E-state index in [0.29, 0.717) is 17.7 Å². The minimum Gasteiger partial charge on any atom is -0.487 e. The van der Waals surface area contributed by atoms with Crippen molar-refractivity contribution in [1.82, 2.24) is 0 Å². The first-order valence-corrected chi connectivity index (χ1v) is 4.90. The van der Waals surface area contributed by atoms with Crippen LogP contribution in [0.1, 0.15) is 29.8 Å². The Morgan fingerprint density at radius 3 is 2.56 bits per heavy atom. The molecule has 0 spiro atoms. The maximum atomic E-state index is 11.2. The van der Waals surface area contributed by atoms with Crippen LogP contribution in [0, 0.1) is 17.0 Å². The fourth-order valence-corrected chi connectivity index (χ4v) is 1.45. The Bertz CT molecular complexity index is 440. The number of aryl methyl sites for hydroxylation is 1. The second kappa shape index (κ2) is 4.74. The number of ketones is 1. The Labute approximate surface area is 93.2 Å². The van der Waals surface area contributed by atoms with E-state index in [-0.39, 0.29) is 17.2 Å². The molecule has 1 aromatic carbocycles. The maximum Gasteiger partial charge on any atom is 0.313 e. The first-order valence-electron chi connectivity index (χ1n) is 4.90. The molecule has 0 aliphatic rings. The highest BCUT2D eigenvalue weighted by atomic mass is 16.6. The lowest BCUT2D eigenvalue weighted by Gasteiger charge is -2.07. The molecule has 0 saturated carbocycles. The Kier molecular flexibility index (Phi) is 3.60. The van der Waals surface area contributed by atoms with Crippen LogP contribution in [-0.2, 0) is 0 Å². The molecule has 0 N–H and O–H groups in total. The molecule has 5 heteroatoms. The maximum absolute atomic E-state index is 11.2. The standard InChI is InChI=1S/C11H13NO4/c1-4-16-10-6-9(8(3)13)5-7(2)11(10)12(14)15/h5-6H,4H2,1-3H3. The molecule has 0 atom stereocenters. The summed E-state index contributed by atoms with van der Waals surface area (Å²) < 4.78 is 5.18. The van der Waals surface area contributed by atoms with Crippen LogP contribution in [0.2, 0.25) is 0 Å². The van der Waals surface area contributed by atoms with Gasteiger partial charge >= 0.3 is 5.69 Å². The summed E-state index contributed by atoms with van der Waals surface area (Å²) in [7, 11) is 0. The fraction of sp³-hybridized carbons (Fsp3) is 0.364. The lowest BCUT2D eigenvalue weighted by molar-refractivity contribution is -0.386. The summed E-state index contributed by atoms with van der Waals surface area (Å²) in [6.45, 7) is 5.06. The smallest absolute Gasteiger partial charge is 0.313 e. The highest BCUT2D eigenvalue weighted by Crippen LogP contribution is 2.32. The number of nitro groups is 1. The van der Waals surface area contributed by atoms with Gasteiger partial charge in [0.15, 0.2) is 11.5 Å². The van der Waals surface area contributed by atoms with E-state index < -0.39 is 4.92 Å². The number of Topliss-reactive ketones (excluding diaryl/α,β-unsaturated/α-hetero) is 1. The van der Waals surface area contributed by atoms with Crippen molar-refractivity contribution < 1.29 is 14.5 Å². The van der Waals surface area contributed by atoms with Gasteiger partial charge < -0.3 is 4.74 Å². The van der Waals surface area contributed by atoms with Gasteiger partial charge in [-0.05, 0) is 32.9 Å². The molecular weight excluding hydrogens is 210 g/mol. The molecule has 0 heterocycles. The average molecular weight is 223 g/mol. The molecule has 16 heavy (non-hydrogen) atoms. The van der Waals surface area contributed by atoms with E-state index in [1.165, 1.54) is 19.1 Å². The number of carbonyl (C=O) groups excluding carboxylic acids is 1. The zero-order chi connectivity index (χ0) is 12.3. The van der Waals surface area contributed by atoms with E-state index >= 15 is 0 Å². The number of hydrogen-bond acceptors (Lipinski definition) is 4. The van der Waals surface area contributed by atoms with Gasteiger partial charge in [-0.3, -0.25) is 14.9 Å². The van der Waals surface area contributed by atoms with Crippen LogP contribution in [0.3, 0.4) is 0 Å². The Hall–Kier alpha value is -1.91. The van der Waals surface area contributed by atoms with Gasteiger partial charge in [0.25, 0.3) is 0 Å². The third-order valence-corrected chi connectivity index (χ3v) is 2.15. The summed E-state index contributed by atoms with van der Waals surface area (Å²) in [6, 6.07) is 2.92. The van der Waals surface area contributed by atoms with Gasteiger partial charge in [0.1, 0.15) is 0 Å². The summed E-state index contributed by atoms with van der Waals surface area (Å²) in [4.78, 5) is 21.6. The predicted octanol–water partition coefficient (Wildman–Crippen LogP) is 2.50. The highest BCUT2D eigenvalue weighted by molar-refractivity contribution is 5.95. The largest absolute Gasteiger partial charge is 0.487 e. The van der Waals surface area contributed by atoms with E-state index in [9.17, 15) is 14.9 Å². The molecule has 1 rings (SSSR count). The summed E-state index contributed by atoms with van der Waals surface area (Å²) in [5.74, 6) is 0.0108. The van der Waals surface area contributed by atoms with E-state index in [4.69, 9.17) is 4.74 Å². The fourth-order valence-electron chi connectivity index (χ4n) is 1.45. The zero-order valence-corrected chi connectivity index (χ0v) is 9.44. The molecule has 1 aromatic rings. The van der Waals surface area contributed by atoms with Crippen LogP contribution in [0.15, 0.2) is 12.1 Å². The average Bonchev–Trinajstić information content (AvgIpc) is 2.16. The second-order valence-corrected chi connectivity index (χ2v) is 3.39. The first-order chi connectivity index (χ1) is 7.47.